The van der Waals surface area contributed by atoms with Gasteiger partial charge in [0.1, 0.15) is 23.1 Å². The highest BCUT2D eigenvalue weighted by Crippen LogP contribution is 2.21. The minimum absolute atomic E-state index is 0.0163. The first kappa shape index (κ1) is 24.7. The van der Waals surface area contributed by atoms with Gasteiger partial charge in [-0.15, -0.1) is 0 Å². The van der Waals surface area contributed by atoms with Crippen LogP contribution in [0.4, 0.5) is 9.18 Å². The van der Waals surface area contributed by atoms with Crippen molar-refractivity contribution in [3.63, 3.8) is 0 Å². The van der Waals surface area contributed by atoms with Crippen LogP contribution in [0.2, 0.25) is 0 Å². The minimum atomic E-state index is -0.977. The number of pyridine rings is 1. The summed E-state index contributed by atoms with van der Waals surface area (Å²) in [4.78, 5) is 38.4. The number of aromatic nitrogens is 2. The molecule has 3 N–H and O–H groups in total. The van der Waals surface area contributed by atoms with Crippen LogP contribution in [0, 0.1) is 5.82 Å². The highest BCUT2D eigenvalue weighted by Gasteiger charge is 2.26. The molecule has 0 aliphatic carbocycles. The Kier molecular flexibility index (Phi) is 7.31. The van der Waals surface area contributed by atoms with Crippen molar-refractivity contribution in [2.45, 2.75) is 31.6 Å². The smallest absolute Gasteiger partial charge is 0.408 e. The Labute approximate surface area is 219 Å². The highest BCUT2D eigenvalue weighted by atomic mass is 79.9. The molecule has 2 unspecified atom stereocenters. The molecule has 2 amide bonds. The lowest BCUT2D eigenvalue weighted by Crippen LogP contribution is -2.49. The number of ether oxygens (including phenoxy) is 1. The van der Waals surface area contributed by atoms with E-state index in [2.05, 4.69) is 41.7 Å². The number of aromatic amines is 1. The third kappa shape index (κ3) is 6.05. The number of hydrogen-bond donors (Lipinski definition) is 3. The summed E-state index contributed by atoms with van der Waals surface area (Å²) < 4.78 is 19.9. The molecular formula is C26H23BrFN5O4. The van der Waals surface area contributed by atoms with E-state index in [1.54, 1.807) is 18.5 Å². The van der Waals surface area contributed by atoms with Gasteiger partial charge in [0.2, 0.25) is 5.91 Å². The third-order valence-corrected chi connectivity index (χ3v) is 6.45. The van der Waals surface area contributed by atoms with Crippen molar-refractivity contribution in [2.24, 2.45) is 5.16 Å². The predicted molar refractivity (Wildman–Crippen MR) is 140 cm³/mol. The number of carbonyl (C=O) groups is 2. The van der Waals surface area contributed by atoms with Crippen LogP contribution in [0.5, 0.6) is 0 Å². The zero-order chi connectivity index (χ0) is 25.8. The van der Waals surface area contributed by atoms with E-state index in [0.717, 1.165) is 16.4 Å². The Morgan fingerprint density at radius 3 is 2.95 bits per heavy atom. The lowest BCUT2D eigenvalue weighted by molar-refractivity contribution is -0.123. The number of carbonyl (C=O) groups excluding carboxylic acids is 2. The number of H-pyrrole nitrogens is 1. The van der Waals surface area contributed by atoms with Crippen molar-refractivity contribution in [2.75, 3.05) is 6.54 Å². The van der Waals surface area contributed by atoms with Gasteiger partial charge in [0, 0.05) is 47.1 Å². The maximum absolute atomic E-state index is 13.9. The third-order valence-electron chi connectivity index (χ3n) is 5.98. The molecule has 5 rings (SSSR count). The molecule has 0 spiro atoms. The number of fused-ring (bicyclic) bond motifs is 2. The second kappa shape index (κ2) is 11.0. The topological polar surface area (TPSA) is 118 Å². The molecule has 2 atom stereocenters. The zero-order valence-electron chi connectivity index (χ0n) is 19.5. The molecule has 0 bridgehead atoms. The SMILES string of the molecule is O=C(NC(Cc1c[nH]c2ccc(F)cc12)C(=O)NCC1CC(Br)=NO1)OCc1cnc2ccccc2c1. The molecule has 2 aromatic heterocycles. The van der Waals surface area contributed by atoms with Crippen molar-refractivity contribution in [3.8, 4) is 0 Å². The van der Waals surface area contributed by atoms with E-state index < -0.39 is 23.9 Å². The summed E-state index contributed by atoms with van der Waals surface area (Å²) in [5, 5.41) is 10.8. The highest BCUT2D eigenvalue weighted by molar-refractivity contribution is 9.18. The van der Waals surface area contributed by atoms with Crippen LogP contribution in [0.1, 0.15) is 17.5 Å². The molecule has 0 saturated carbocycles. The Hall–Kier alpha value is -3.99. The van der Waals surface area contributed by atoms with Gasteiger partial charge in [0.25, 0.3) is 0 Å². The number of para-hydroxylation sites is 1. The van der Waals surface area contributed by atoms with Gasteiger partial charge in [-0.1, -0.05) is 23.4 Å². The number of hydrogen-bond acceptors (Lipinski definition) is 6. The first-order valence-electron chi connectivity index (χ1n) is 11.6. The van der Waals surface area contributed by atoms with Crippen LogP contribution in [-0.4, -0.2) is 45.3 Å². The van der Waals surface area contributed by atoms with Crippen molar-refractivity contribution in [1.29, 1.82) is 0 Å². The van der Waals surface area contributed by atoms with E-state index in [1.807, 2.05) is 30.3 Å². The Morgan fingerprint density at radius 2 is 2.11 bits per heavy atom. The van der Waals surface area contributed by atoms with Crippen molar-refractivity contribution in [1.82, 2.24) is 20.6 Å². The normalized spacial score (nSPS) is 15.7. The fourth-order valence-corrected chi connectivity index (χ4v) is 4.56. The summed E-state index contributed by atoms with van der Waals surface area (Å²) in [7, 11) is 0. The number of alkyl carbamates (subject to hydrolysis) is 1. The van der Waals surface area contributed by atoms with Gasteiger partial charge < -0.3 is 25.2 Å². The molecule has 4 aromatic rings. The average Bonchev–Trinajstić information content (AvgIpc) is 3.50. The van der Waals surface area contributed by atoms with Crippen LogP contribution in [0.25, 0.3) is 21.8 Å². The van der Waals surface area contributed by atoms with Gasteiger partial charge in [-0.3, -0.25) is 9.78 Å². The average molecular weight is 568 g/mol. The van der Waals surface area contributed by atoms with E-state index in [4.69, 9.17) is 9.57 Å². The maximum atomic E-state index is 13.9. The quantitative estimate of drug-likeness (QED) is 0.293. The number of nitrogens with zero attached hydrogens (tertiary/aromatic N) is 2. The van der Waals surface area contributed by atoms with Crippen molar-refractivity contribution in [3.05, 3.63) is 77.9 Å². The standard InChI is InChI=1S/C26H23BrFN5O4/c27-24-10-19(37-33-24)13-31-25(34)23(8-17-12-30-22-6-5-18(28)9-20(17)22)32-26(35)36-14-15-7-16-3-1-2-4-21(16)29-11-15/h1-7,9,11-12,19,23,30H,8,10,13-14H2,(H,31,34)(H,32,35). The Balaban J connectivity index is 1.26. The lowest BCUT2D eigenvalue weighted by Gasteiger charge is -2.19. The molecule has 3 heterocycles. The summed E-state index contributed by atoms with van der Waals surface area (Å²) in [6.45, 7) is 0.188. The lowest BCUT2D eigenvalue weighted by atomic mass is 10.0. The fraction of sp³-hybridized carbons (Fsp3) is 0.231. The van der Waals surface area contributed by atoms with Gasteiger partial charge >= 0.3 is 6.09 Å². The van der Waals surface area contributed by atoms with E-state index in [0.29, 0.717) is 27.6 Å². The van der Waals surface area contributed by atoms with Crippen LogP contribution < -0.4 is 10.6 Å². The predicted octanol–water partition coefficient (Wildman–Crippen LogP) is 4.31. The van der Waals surface area contributed by atoms with Gasteiger partial charge in [-0.25, -0.2) is 9.18 Å². The number of oxime groups is 1. The first-order valence-corrected chi connectivity index (χ1v) is 12.4. The largest absolute Gasteiger partial charge is 0.445 e. The van der Waals surface area contributed by atoms with E-state index in [9.17, 15) is 14.0 Å². The van der Waals surface area contributed by atoms with E-state index >= 15 is 0 Å². The molecule has 1 aliphatic heterocycles. The Bertz CT molecular complexity index is 1490. The zero-order valence-corrected chi connectivity index (χ0v) is 21.1. The monoisotopic (exact) mass is 567 g/mol. The van der Waals surface area contributed by atoms with Gasteiger partial charge in [-0.05, 0) is 51.8 Å². The minimum Gasteiger partial charge on any atom is -0.445 e. The Morgan fingerprint density at radius 1 is 1.24 bits per heavy atom. The summed E-state index contributed by atoms with van der Waals surface area (Å²) >= 11 is 3.27. The molecule has 0 fully saturated rings. The summed E-state index contributed by atoms with van der Waals surface area (Å²) in [6.07, 6.45) is 2.91. The number of amides is 2. The number of benzene rings is 2. The molecule has 2 aromatic carbocycles. The fourth-order valence-electron chi connectivity index (χ4n) is 4.12. The van der Waals surface area contributed by atoms with E-state index in [-0.39, 0.29) is 25.7 Å². The second-order valence-corrected chi connectivity index (χ2v) is 9.58. The van der Waals surface area contributed by atoms with Crippen LogP contribution >= 0.6 is 15.9 Å². The molecule has 37 heavy (non-hydrogen) atoms. The number of rotatable bonds is 8. The molecule has 0 radical (unpaired) electrons. The number of nitrogens with one attached hydrogen (secondary N) is 3. The van der Waals surface area contributed by atoms with Crippen molar-refractivity contribution < 1.29 is 23.6 Å². The molecule has 190 valence electrons. The molecule has 0 saturated heterocycles. The molecule has 1 aliphatic rings. The molecular weight excluding hydrogens is 545 g/mol. The second-order valence-electron chi connectivity index (χ2n) is 8.66. The van der Waals surface area contributed by atoms with E-state index in [1.165, 1.54) is 12.1 Å². The number of halogens is 2. The summed E-state index contributed by atoms with van der Waals surface area (Å²) in [5.41, 5.74) is 2.96. The molecule has 9 nitrogen and oxygen atoms in total. The van der Waals surface area contributed by atoms with Gasteiger partial charge in [-0.2, -0.15) is 0 Å². The van der Waals surface area contributed by atoms with Crippen molar-refractivity contribution >= 4 is 54.4 Å². The van der Waals surface area contributed by atoms with Crippen LogP contribution in [-0.2, 0) is 27.4 Å². The maximum Gasteiger partial charge on any atom is 0.408 e. The summed E-state index contributed by atoms with van der Waals surface area (Å²) in [5.74, 6) is -0.823. The summed E-state index contributed by atoms with van der Waals surface area (Å²) in [6, 6.07) is 12.9. The van der Waals surface area contributed by atoms with Crippen LogP contribution in [0.15, 0.2) is 66.1 Å². The van der Waals surface area contributed by atoms with Gasteiger partial charge in [0.15, 0.2) is 6.10 Å². The first-order chi connectivity index (χ1) is 17.9. The van der Waals surface area contributed by atoms with Gasteiger partial charge in [0.05, 0.1) is 12.1 Å². The van der Waals surface area contributed by atoms with Crippen LogP contribution in [0.3, 0.4) is 0 Å². The molecule has 11 heteroatoms.